The van der Waals surface area contributed by atoms with Gasteiger partial charge in [-0.05, 0) is 49.4 Å². The molecule has 1 aliphatic carbocycles. The van der Waals surface area contributed by atoms with E-state index in [0.29, 0.717) is 5.92 Å². The van der Waals surface area contributed by atoms with Crippen molar-refractivity contribution in [2.24, 2.45) is 5.92 Å². The quantitative estimate of drug-likeness (QED) is 0.906. The van der Waals surface area contributed by atoms with Gasteiger partial charge < -0.3 is 5.32 Å². The lowest BCUT2D eigenvalue weighted by atomic mass is 10.1. The Kier molecular flexibility index (Phi) is 4.21. The SMILES string of the molecule is Cc1cc(Br)cc(C(=O)NCC2CCCC2)c1. The fraction of sp³-hybridized carbons (Fsp3) is 0.500. The molecule has 1 fully saturated rings. The molecule has 3 heteroatoms. The van der Waals surface area contributed by atoms with Crippen LogP contribution in [0.5, 0.6) is 0 Å². The van der Waals surface area contributed by atoms with Crippen LogP contribution in [0.15, 0.2) is 22.7 Å². The Labute approximate surface area is 111 Å². The summed E-state index contributed by atoms with van der Waals surface area (Å²) >= 11 is 3.42. The molecule has 17 heavy (non-hydrogen) atoms. The lowest BCUT2D eigenvalue weighted by molar-refractivity contribution is 0.0947. The maximum absolute atomic E-state index is 12.0. The highest BCUT2D eigenvalue weighted by Gasteiger charge is 2.16. The highest BCUT2D eigenvalue weighted by Crippen LogP contribution is 2.24. The molecular weight excluding hydrogens is 278 g/mol. The second kappa shape index (κ2) is 5.67. The van der Waals surface area contributed by atoms with Crippen LogP contribution < -0.4 is 5.32 Å². The Bertz CT molecular complexity index is 390. The first-order valence-corrected chi connectivity index (χ1v) is 7.00. The minimum Gasteiger partial charge on any atom is -0.352 e. The van der Waals surface area contributed by atoms with Crippen molar-refractivity contribution in [2.75, 3.05) is 6.54 Å². The van der Waals surface area contributed by atoms with Crippen molar-refractivity contribution in [3.8, 4) is 0 Å². The summed E-state index contributed by atoms with van der Waals surface area (Å²) in [6.45, 7) is 2.82. The fourth-order valence-corrected chi connectivity index (χ4v) is 3.03. The average molecular weight is 296 g/mol. The zero-order chi connectivity index (χ0) is 12.3. The summed E-state index contributed by atoms with van der Waals surface area (Å²) < 4.78 is 0.962. The van der Waals surface area contributed by atoms with Gasteiger partial charge >= 0.3 is 0 Å². The van der Waals surface area contributed by atoms with Gasteiger partial charge in [0.1, 0.15) is 0 Å². The summed E-state index contributed by atoms with van der Waals surface area (Å²) in [7, 11) is 0. The van der Waals surface area contributed by atoms with Crippen molar-refractivity contribution in [1.82, 2.24) is 5.32 Å². The minimum absolute atomic E-state index is 0.0429. The molecule has 0 radical (unpaired) electrons. The molecule has 0 unspecified atom stereocenters. The maximum atomic E-state index is 12.0. The monoisotopic (exact) mass is 295 g/mol. The van der Waals surface area contributed by atoms with Crippen molar-refractivity contribution in [1.29, 1.82) is 0 Å². The number of benzene rings is 1. The van der Waals surface area contributed by atoms with Gasteiger partial charge in [0.05, 0.1) is 0 Å². The van der Waals surface area contributed by atoms with Crippen LogP contribution in [0.25, 0.3) is 0 Å². The highest BCUT2D eigenvalue weighted by atomic mass is 79.9. The molecule has 1 aromatic rings. The first kappa shape index (κ1) is 12.6. The number of rotatable bonds is 3. The molecule has 92 valence electrons. The number of carbonyl (C=O) groups is 1. The van der Waals surface area contributed by atoms with E-state index in [2.05, 4.69) is 21.2 Å². The molecule has 0 aliphatic heterocycles. The summed E-state index contributed by atoms with van der Waals surface area (Å²) in [6.07, 6.45) is 5.16. The van der Waals surface area contributed by atoms with E-state index in [1.807, 2.05) is 25.1 Å². The van der Waals surface area contributed by atoms with E-state index in [1.54, 1.807) is 0 Å². The van der Waals surface area contributed by atoms with E-state index in [4.69, 9.17) is 0 Å². The second-order valence-electron chi connectivity index (χ2n) is 4.88. The molecule has 0 atom stereocenters. The lowest BCUT2D eigenvalue weighted by Gasteiger charge is -2.11. The largest absolute Gasteiger partial charge is 0.352 e. The summed E-state index contributed by atoms with van der Waals surface area (Å²) in [5, 5.41) is 3.04. The molecule has 1 aliphatic rings. The van der Waals surface area contributed by atoms with Crippen LogP contribution >= 0.6 is 15.9 Å². The molecule has 1 saturated carbocycles. The van der Waals surface area contributed by atoms with Crippen LogP contribution in [0.4, 0.5) is 0 Å². The van der Waals surface area contributed by atoms with Gasteiger partial charge in [0, 0.05) is 16.6 Å². The third kappa shape index (κ3) is 3.56. The topological polar surface area (TPSA) is 29.1 Å². The number of aryl methyl sites for hydroxylation is 1. The Morgan fingerprint density at radius 1 is 1.35 bits per heavy atom. The number of nitrogens with one attached hydrogen (secondary N) is 1. The van der Waals surface area contributed by atoms with Gasteiger partial charge in [-0.15, -0.1) is 0 Å². The first-order valence-electron chi connectivity index (χ1n) is 6.20. The molecule has 0 aromatic heterocycles. The minimum atomic E-state index is 0.0429. The number of hydrogen-bond donors (Lipinski definition) is 1. The average Bonchev–Trinajstić information content (AvgIpc) is 2.77. The zero-order valence-electron chi connectivity index (χ0n) is 10.1. The summed E-state index contributed by atoms with van der Waals surface area (Å²) in [5.41, 5.74) is 1.85. The van der Waals surface area contributed by atoms with Crippen molar-refractivity contribution >= 4 is 21.8 Å². The Balaban J connectivity index is 1.94. The van der Waals surface area contributed by atoms with Crippen LogP contribution in [0, 0.1) is 12.8 Å². The number of amides is 1. The maximum Gasteiger partial charge on any atom is 0.251 e. The lowest BCUT2D eigenvalue weighted by Crippen LogP contribution is -2.28. The third-order valence-electron chi connectivity index (χ3n) is 3.33. The molecule has 1 aromatic carbocycles. The predicted octanol–water partition coefficient (Wildman–Crippen LogP) is 3.68. The van der Waals surface area contributed by atoms with Gasteiger partial charge in [0.2, 0.25) is 0 Å². The van der Waals surface area contributed by atoms with Crippen molar-refractivity contribution in [3.05, 3.63) is 33.8 Å². The Morgan fingerprint density at radius 2 is 2.06 bits per heavy atom. The second-order valence-corrected chi connectivity index (χ2v) is 5.79. The van der Waals surface area contributed by atoms with Gasteiger partial charge in [-0.25, -0.2) is 0 Å². The van der Waals surface area contributed by atoms with Gasteiger partial charge in [-0.1, -0.05) is 28.8 Å². The summed E-state index contributed by atoms with van der Waals surface area (Å²) in [5.74, 6) is 0.730. The van der Waals surface area contributed by atoms with Gasteiger partial charge in [0.25, 0.3) is 5.91 Å². The van der Waals surface area contributed by atoms with Crippen LogP contribution in [-0.4, -0.2) is 12.5 Å². The summed E-state index contributed by atoms with van der Waals surface area (Å²) in [4.78, 5) is 12.0. The molecule has 0 bridgehead atoms. The summed E-state index contributed by atoms with van der Waals surface area (Å²) in [6, 6.07) is 5.81. The van der Waals surface area contributed by atoms with Crippen molar-refractivity contribution < 1.29 is 4.79 Å². The van der Waals surface area contributed by atoms with E-state index in [-0.39, 0.29) is 5.91 Å². The standard InChI is InChI=1S/C14H18BrNO/c1-10-6-12(8-13(15)7-10)14(17)16-9-11-4-2-3-5-11/h6-8,11H,2-5,9H2,1H3,(H,16,17). The van der Waals surface area contributed by atoms with E-state index < -0.39 is 0 Å². The normalized spacial score (nSPS) is 16.1. The van der Waals surface area contributed by atoms with Crippen LogP contribution in [-0.2, 0) is 0 Å². The van der Waals surface area contributed by atoms with Crippen LogP contribution in [0.2, 0.25) is 0 Å². The Morgan fingerprint density at radius 3 is 2.71 bits per heavy atom. The number of carbonyl (C=O) groups excluding carboxylic acids is 1. The molecule has 0 heterocycles. The van der Waals surface area contributed by atoms with E-state index >= 15 is 0 Å². The van der Waals surface area contributed by atoms with E-state index in [9.17, 15) is 4.79 Å². The molecule has 0 saturated heterocycles. The molecule has 2 nitrogen and oxygen atoms in total. The van der Waals surface area contributed by atoms with E-state index in [0.717, 1.165) is 22.1 Å². The van der Waals surface area contributed by atoms with Crippen LogP contribution in [0.3, 0.4) is 0 Å². The third-order valence-corrected chi connectivity index (χ3v) is 3.79. The van der Waals surface area contributed by atoms with E-state index in [1.165, 1.54) is 25.7 Å². The highest BCUT2D eigenvalue weighted by molar-refractivity contribution is 9.10. The van der Waals surface area contributed by atoms with Crippen molar-refractivity contribution in [3.63, 3.8) is 0 Å². The molecule has 1 amide bonds. The Hall–Kier alpha value is -0.830. The smallest absolute Gasteiger partial charge is 0.251 e. The van der Waals surface area contributed by atoms with Crippen molar-refractivity contribution in [2.45, 2.75) is 32.6 Å². The first-order chi connectivity index (χ1) is 8.15. The fourth-order valence-electron chi connectivity index (χ4n) is 2.42. The van der Waals surface area contributed by atoms with Gasteiger partial charge in [-0.3, -0.25) is 4.79 Å². The molecule has 2 rings (SSSR count). The van der Waals surface area contributed by atoms with Gasteiger partial charge in [0.15, 0.2) is 0 Å². The molecule has 1 N–H and O–H groups in total. The molecule has 0 spiro atoms. The number of halogens is 1. The van der Waals surface area contributed by atoms with Gasteiger partial charge in [-0.2, -0.15) is 0 Å². The number of hydrogen-bond acceptors (Lipinski definition) is 1. The molecular formula is C14H18BrNO. The zero-order valence-corrected chi connectivity index (χ0v) is 11.7. The van der Waals surface area contributed by atoms with Crippen LogP contribution in [0.1, 0.15) is 41.6 Å². The predicted molar refractivity (Wildman–Crippen MR) is 73.2 cm³/mol.